The zero-order valence-corrected chi connectivity index (χ0v) is 13.7. The number of likely N-dealkylation sites (N-methyl/N-ethyl adjacent to an activating group) is 1. The molecule has 126 valence electrons. The van der Waals surface area contributed by atoms with Crippen molar-refractivity contribution in [3.8, 4) is 0 Å². The lowest BCUT2D eigenvalue weighted by Gasteiger charge is -2.08. The minimum Gasteiger partial charge on any atom is -0.355 e. The normalized spacial score (nSPS) is 10.3. The number of nitrogens with zero attached hydrogens (tertiary/aromatic N) is 1. The highest BCUT2D eigenvalue weighted by atomic mass is 35.5. The Hall–Kier alpha value is -2.12. The van der Waals surface area contributed by atoms with Crippen molar-refractivity contribution in [2.75, 3.05) is 19.6 Å². The number of hydrogen-bond acceptors (Lipinski definition) is 4. The maximum Gasteiger partial charge on any atom is 0.273 e. The van der Waals surface area contributed by atoms with Crippen molar-refractivity contribution in [3.63, 3.8) is 0 Å². The van der Waals surface area contributed by atoms with Gasteiger partial charge < -0.3 is 10.6 Å². The Morgan fingerprint density at radius 2 is 1.87 bits per heavy atom. The number of H-pyrrole nitrogens is 1. The van der Waals surface area contributed by atoms with E-state index in [1.807, 2.05) is 6.92 Å². The second-order valence-corrected chi connectivity index (χ2v) is 4.90. The van der Waals surface area contributed by atoms with E-state index in [1.54, 1.807) is 24.3 Å². The van der Waals surface area contributed by atoms with Gasteiger partial charge in [0.25, 0.3) is 11.1 Å². The van der Waals surface area contributed by atoms with Crippen LogP contribution in [0, 0.1) is 0 Å². The molecule has 0 unspecified atom stereocenters. The Morgan fingerprint density at radius 1 is 1.17 bits per heavy atom. The quantitative estimate of drug-likeness (QED) is 0.629. The number of fused-ring (bicyclic) bond motifs is 1. The van der Waals surface area contributed by atoms with E-state index in [0.717, 1.165) is 6.54 Å². The molecule has 0 radical (unpaired) electrons. The van der Waals surface area contributed by atoms with E-state index >= 15 is 0 Å². The molecule has 0 aliphatic heterocycles. The van der Waals surface area contributed by atoms with Gasteiger partial charge in [-0.05, 0) is 18.7 Å². The number of aryl methyl sites for hydroxylation is 1. The number of carbonyl (C=O) groups is 1. The molecular formula is C15H21ClN4O3. The van der Waals surface area contributed by atoms with Gasteiger partial charge in [-0.15, -0.1) is 12.4 Å². The van der Waals surface area contributed by atoms with E-state index < -0.39 is 0 Å². The Bertz CT molecular complexity index is 769. The zero-order valence-electron chi connectivity index (χ0n) is 12.9. The second-order valence-electron chi connectivity index (χ2n) is 4.90. The van der Waals surface area contributed by atoms with E-state index in [9.17, 15) is 14.4 Å². The van der Waals surface area contributed by atoms with E-state index in [1.165, 1.54) is 4.68 Å². The molecule has 0 saturated heterocycles. The molecule has 7 nitrogen and oxygen atoms in total. The smallest absolute Gasteiger partial charge is 0.273 e. The fraction of sp³-hybridized carbons (Fsp3) is 0.400. The number of carbonyl (C=O) groups excluding carboxylic acids is 1. The van der Waals surface area contributed by atoms with Crippen LogP contribution in [0.5, 0.6) is 0 Å². The number of nitrogens with one attached hydrogen (secondary N) is 3. The molecule has 0 atom stereocenters. The number of amides is 1. The van der Waals surface area contributed by atoms with Gasteiger partial charge in [0.2, 0.25) is 5.91 Å². The SMILES string of the molecule is CCNCCNC(=O)CCn1[nH]c(=O)c2ccccc2c1=O.Cl. The molecule has 0 saturated carbocycles. The third-order valence-electron chi connectivity index (χ3n) is 3.32. The molecule has 1 aromatic carbocycles. The monoisotopic (exact) mass is 340 g/mol. The average Bonchev–Trinajstić information content (AvgIpc) is 2.54. The topological polar surface area (TPSA) is 96.0 Å². The predicted molar refractivity (Wildman–Crippen MR) is 92.2 cm³/mol. The lowest BCUT2D eigenvalue weighted by atomic mass is 10.2. The summed E-state index contributed by atoms with van der Waals surface area (Å²) in [6, 6.07) is 6.63. The number of aromatic amines is 1. The molecule has 0 aliphatic rings. The first-order valence-electron chi connectivity index (χ1n) is 7.32. The Balaban J connectivity index is 0.00000264. The minimum absolute atomic E-state index is 0. The number of benzene rings is 1. The summed E-state index contributed by atoms with van der Waals surface area (Å²) in [4.78, 5) is 35.9. The minimum atomic E-state index is -0.331. The van der Waals surface area contributed by atoms with Gasteiger partial charge in [-0.2, -0.15) is 0 Å². The van der Waals surface area contributed by atoms with Gasteiger partial charge in [-0.3, -0.25) is 19.5 Å². The number of halogens is 1. The van der Waals surface area contributed by atoms with E-state index in [2.05, 4.69) is 15.7 Å². The largest absolute Gasteiger partial charge is 0.355 e. The van der Waals surface area contributed by atoms with Gasteiger partial charge in [0, 0.05) is 19.5 Å². The van der Waals surface area contributed by atoms with Crippen LogP contribution < -0.4 is 21.8 Å². The highest BCUT2D eigenvalue weighted by molar-refractivity contribution is 5.85. The van der Waals surface area contributed by atoms with Gasteiger partial charge in [-0.1, -0.05) is 19.1 Å². The van der Waals surface area contributed by atoms with Gasteiger partial charge in [0.15, 0.2) is 0 Å². The molecule has 2 aromatic rings. The van der Waals surface area contributed by atoms with E-state index in [-0.39, 0.29) is 42.4 Å². The van der Waals surface area contributed by atoms with Gasteiger partial charge in [0.05, 0.1) is 17.3 Å². The Morgan fingerprint density at radius 3 is 2.57 bits per heavy atom. The van der Waals surface area contributed by atoms with E-state index in [0.29, 0.717) is 23.9 Å². The first-order chi connectivity index (χ1) is 10.6. The molecule has 0 spiro atoms. The van der Waals surface area contributed by atoms with Crippen molar-refractivity contribution in [1.82, 2.24) is 20.4 Å². The van der Waals surface area contributed by atoms with Crippen LogP contribution in [0.2, 0.25) is 0 Å². The molecule has 1 amide bonds. The molecule has 3 N–H and O–H groups in total. The summed E-state index contributed by atoms with van der Waals surface area (Å²) < 4.78 is 1.19. The molecule has 0 aliphatic carbocycles. The third kappa shape index (κ3) is 4.94. The van der Waals surface area contributed by atoms with Crippen LogP contribution in [-0.2, 0) is 11.3 Å². The number of rotatable bonds is 7. The fourth-order valence-electron chi connectivity index (χ4n) is 2.17. The Kier molecular flexibility index (Phi) is 7.50. The molecule has 1 aromatic heterocycles. The summed E-state index contributed by atoms with van der Waals surface area (Å²) >= 11 is 0. The van der Waals surface area contributed by atoms with Gasteiger partial charge in [0.1, 0.15) is 0 Å². The molecule has 1 heterocycles. The van der Waals surface area contributed by atoms with Crippen molar-refractivity contribution < 1.29 is 4.79 Å². The zero-order chi connectivity index (χ0) is 15.9. The van der Waals surface area contributed by atoms with Crippen LogP contribution >= 0.6 is 12.4 Å². The van der Waals surface area contributed by atoms with Crippen LogP contribution in [0.25, 0.3) is 10.8 Å². The van der Waals surface area contributed by atoms with Crippen LogP contribution in [0.15, 0.2) is 33.9 Å². The molecule has 0 bridgehead atoms. The Labute approximate surface area is 139 Å². The standard InChI is InChI=1S/C15H20N4O3.ClH/c1-2-16-8-9-17-13(20)7-10-19-15(22)12-6-4-3-5-11(12)14(21)18-19;/h3-6,16H,2,7-10H2,1H3,(H,17,20)(H,18,21);1H. The maximum absolute atomic E-state index is 12.2. The summed E-state index contributed by atoms with van der Waals surface area (Å²) in [7, 11) is 0. The van der Waals surface area contributed by atoms with Crippen molar-refractivity contribution >= 4 is 29.1 Å². The van der Waals surface area contributed by atoms with Crippen molar-refractivity contribution in [2.24, 2.45) is 0 Å². The van der Waals surface area contributed by atoms with E-state index in [4.69, 9.17) is 0 Å². The molecule has 8 heteroatoms. The van der Waals surface area contributed by atoms with Crippen molar-refractivity contribution in [2.45, 2.75) is 19.9 Å². The molecule has 2 rings (SSSR count). The molecule has 23 heavy (non-hydrogen) atoms. The first kappa shape index (κ1) is 18.9. The number of aromatic nitrogens is 2. The molecular weight excluding hydrogens is 320 g/mol. The third-order valence-corrected chi connectivity index (χ3v) is 3.32. The van der Waals surface area contributed by atoms with Crippen molar-refractivity contribution in [1.29, 1.82) is 0 Å². The van der Waals surface area contributed by atoms with Crippen molar-refractivity contribution in [3.05, 3.63) is 45.0 Å². The second kappa shape index (κ2) is 9.12. The van der Waals surface area contributed by atoms with Crippen LogP contribution in [0.4, 0.5) is 0 Å². The lowest BCUT2D eigenvalue weighted by molar-refractivity contribution is -0.121. The van der Waals surface area contributed by atoms with Crippen LogP contribution in [-0.4, -0.2) is 35.3 Å². The predicted octanol–water partition coefficient (Wildman–Crippen LogP) is 0.227. The average molecular weight is 341 g/mol. The summed E-state index contributed by atoms with van der Waals surface area (Å²) in [6.45, 7) is 4.23. The summed E-state index contributed by atoms with van der Waals surface area (Å²) in [5.74, 6) is -0.154. The highest BCUT2D eigenvalue weighted by Crippen LogP contribution is 2.02. The molecule has 0 fully saturated rings. The maximum atomic E-state index is 12.2. The fourth-order valence-corrected chi connectivity index (χ4v) is 2.17. The van der Waals surface area contributed by atoms with Gasteiger partial charge >= 0.3 is 0 Å². The van der Waals surface area contributed by atoms with Gasteiger partial charge in [-0.25, -0.2) is 4.68 Å². The van der Waals surface area contributed by atoms with Crippen LogP contribution in [0.1, 0.15) is 13.3 Å². The number of hydrogen-bond donors (Lipinski definition) is 3. The van der Waals surface area contributed by atoms with Crippen LogP contribution in [0.3, 0.4) is 0 Å². The first-order valence-corrected chi connectivity index (χ1v) is 7.32. The summed E-state index contributed by atoms with van der Waals surface area (Å²) in [5.41, 5.74) is -0.626. The summed E-state index contributed by atoms with van der Waals surface area (Å²) in [5, 5.41) is 9.07. The summed E-state index contributed by atoms with van der Waals surface area (Å²) in [6.07, 6.45) is 0.139. The lowest BCUT2D eigenvalue weighted by Crippen LogP contribution is -2.34. The highest BCUT2D eigenvalue weighted by Gasteiger charge is 2.08.